The molecule has 1 aromatic heterocycles. The Morgan fingerprint density at radius 1 is 1.07 bits per heavy atom. The van der Waals surface area contributed by atoms with Gasteiger partial charge in [-0.05, 0) is 62.6 Å². The number of rotatable bonds is 5. The predicted octanol–water partition coefficient (Wildman–Crippen LogP) is 4.50. The van der Waals surface area contributed by atoms with Gasteiger partial charge in [-0.2, -0.15) is 0 Å². The van der Waals surface area contributed by atoms with Gasteiger partial charge >= 0.3 is 0 Å². The van der Waals surface area contributed by atoms with Crippen LogP contribution in [0.3, 0.4) is 0 Å². The molecule has 2 saturated heterocycles. The van der Waals surface area contributed by atoms with Crippen LogP contribution in [0.1, 0.15) is 30.9 Å². The molecule has 158 valence electrons. The Labute approximate surface area is 180 Å². The molecule has 6 heteroatoms. The summed E-state index contributed by atoms with van der Waals surface area (Å²) in [7, 11) is 2.23. The Morgan fingerprint density at radius 2 is 1.79 bits per heavy atom. The lowest BCUT2D eigenvalue weighted by Gasteiger charge is -2.43. The van der Waals surface area contributed by atoms with E-state index in [1.165, 1.54) is 61.5 Å². The highest BCUT2D eigenvalue weighted by Gasteiger charge is 2.27. The Bertz CT molecular complexity index is 817. The topological polar surface area (TPSA) is 37.5 Å². The Hall–Kier alpha value is -1.69. The van der Waals surface area contributed by atoms with Crippen LogP contribution in [0.4, 0.5) is 17.1 Å². The molecule has 3 heterocycles. The molecular weight excluding hydrogens is 382 g/mol. The van der Waals surface area contributed by atoms with Gasteiger partial charge in [-0.3, -0.25) is 4.90 Å². The van der Waals surface area contributed by atoms with Crippen LogP contribution in [0, 0.1) is 6.92 Å². The summed E-state index contributed by atoms with van der Waals surface area (Å²) in [4.78, 5) is 10.8. The van der Waals surface area contributed by atoms with Crippen LogP contribution >= 0.6 is 11.6 Å². The molecule has 0 unspecified atom stereocenters. The number of aromatic nitrogens is 1. The molecule has 0 spiro atoms. The number of piperidine rings is 1. The van der Waals surface area contributed by atoms with Crippen molar-refractivity contribution in [1.29, 1.82) is 0 Å². The van der Waals surface area contributed by atoms with Crippen LogP contribution in [0.25, 0.3) is 0 Å². The lowest BCUT2D eigenvalue weighted by Crippen LogP contribution is -2.52. The number of likely N-dealkylation sites (N-methyl/N-ethyl adjacent to an activating group) is 1. The third-order valence-corrected chi connectivity index (χ3v) is 6.81. The minimum Gasteiger partial charge on any atom is -0.371 e. The average molecular weight is 416 g/mol. The number of nitrogens with one attached hydrogen (secondary N) is 2. The molecule has 2 aromatic rings. The fourth-order valence-electron chi connectivity index (χ4n) is 4.74. The van der Waals surface area contributed by atoms with Crippen molar-refractivity contribution in [3.63, 3.8) is 0 Å². The summed E-state index contributed by atoms with van der Waals surface area (Å²) in [6.07, 6.45) is 5.46. The quantitative estimate of drug-likeness (QED) is 0.754. The molecule has 0 saturated carbocycles. The third kappa shape index (κ3) is 4.73. The molecule has 4 rings (SSSR count). The first-order valence-electron chi connectivity index (χ1n) is 11.0. The van der Waals surface area contributed by atoms with Gasteiger partial charge in [-0.25, -0.2) is 0 Å². The molecule has 2 fully saturated rings. The van der Waals surface area contributed by atoms with Crippen LogP contribution in [-0.2, 0) is 6.42 Å². The Balaban J connectivity index is 1.43. The molecule has 0 atom stereocenters. The van der Waals surface area contributed by atoms with Gasteiger partial charge in [0, 0.05) is 62.9 Å². The number of benzene rings is 1. The van der Waals surface area contributed by atoms with Gasteiger partial charge in [-0.1, -0.05) is 18.5 Å². The standard InChI is InChI=1S/C23H34ClN5/c1-4-18-14-22(17(2)13-21(18)26-19-15-23(24)25-16-19)29-7-5-20(6-8-29)28-11-9-27(3)10-12-28/h13-16,20,25-26H,4-12H2,1-3H3. The highest BCUT2D eigenvalue weighted by atomic mass is 35.5. The van der Waals surface area contributed by atoms with Crippen molar-refractivity contribution in [3.05, 3.63) is 40.7 Å². The highest BCUT2D eigenvalue weighted by molar-refractivity contribution is 6.29. The molecule has 2 N–H and O–H groups in total. The van der Waals surface area contributed by atoms with Crippen LogP contribution in [0.5, 0.6) is 0 Å². The van der Waals surface area contributed by atoms with E-state index in [-0.39, 0.29) is 0 Å². The summed E-state index contributed by atoms with van der Waals surface area (Å²) in [5.41, 5.74) is 6.27. The second kappa shape index (κ2) is 8.99. The normalized spacial score (nSPS) is 19.7. The van der Waals surface area contributed by atoms with E-state index in [9.17, 15) is 0 Å². The van der Waals surface area contributed by atoms with Crippen molar-refractivity contribution in [1.82, 2.24) is 14.8 Å². The molecule has 1 aromatic carbocycles. The van der Waals surface area contributed by atoms with Crippen LogP contribution in [0.2, 0.25) is 5.15 Å². The lowest BCUT2D eigenvalue weighted by atomic mass is 9.99. The van der Waals surface area contributed by atoms with Gasteiger partial charge in [0.05, 0.1) is 5.69 Å². The maximum absolute atomic E-state index is 6.03. The molecule has 29 heavy (non-hydrogen) atoms. The maximum atomic E-state index is 6.03. The molecule has 5 nitrogen and oxygen atoms in total. The number of hydrogen-bond acceptors (Lipinski definition) is 4. The first-order valence-corrected chi connectivity index (χ1v) is 11.3. The van der Waals surface area contributed by atoms with Crippen molar-refractivity contribution in [2.75, 3.05) is 56.5 Å². The van der Waals surface area contributed by atoms with Gasteiger partial charge in [0.1, 0.15) is 5.15 Å². The first-order chi connectivity index (χ1) is 14.0. The number of piperazine rings is 1. The van der Waals surface area contributed by atoms with Crippen molar-refractivity contribution in [2.24, 2.45) is 0 Å². The van der Waals surface area contributed by atoms with Gasteiger partial charge in [-0.15, -0.1) is 0 Å². The van der Waals surface area contributed by atoms with Crippen LogP contribution < -0.4 is 10.2 Å². The van der Waals surface area contributed by atoms with E-state index in [2.05, 4.69) is 58.0 Å². The fraction of sp³-hybridized carbons (Fsp3) is 0.565. The lowest BCUT2D eigenvalue weighted by molar-refractivity contribution is 0.0982. The summed E-state index contributed by atoms with van der Waals surface area (Å²) in [6, 6.07) is 7.36. The number of hydrogen-bond donors (Lipinski definition) is 2. The SMILES string of the molecule is CCc1cc(N2CCC(N3CCN(C)CC3)CC2)c(C)cc1Nc1c[nH]c(Cl)c1. The molecule has 2 aliphatic heterocycles. The first kappa shape index (κ1) is 20.6. The summed E-state index contributed by atoms with van der Waals surface area (Å²) in [5, 5.41) is 4.18. The molecular formula is C23H34ClN5. The maximum Gasteiger partial charge on any atom is 0.108 e. The van der Waals surface area contributed by atoms with Crippen molar-refractivity contribution < 1.29 is 0 Å². The zero-order valence-corrected chi connectivity index (χ0v) is 18.7. The number of aromatic amines is 1. The van der Waals surface area contributed by atoms with E-state index in [0.717, 1.165) is 31.2 Å². The van der Waals surface area contributed by atoms with Crippen molar-refractivity contribution >= 4 is 28.7 Å². The predicted molar refractivity (Wildman–Crippen MR) is 124 cm³/mol. The van der Waals surface area contributed by atoms with E-state index in [4.69, 9.17) is 11.6 Å². The van der Waals surface area contributed by atoms with E-state index >= 15 is 0 Å². The molecule has 0 radical (unpaired) electrons. The number of anilines is 3. The Kier molecular flexibility index (Phi) is 6.38. The monoisotopic (exact) mass is 415 g/mol. The van der Waals surface area contributed by atoms with Crippen molar-refractivity contribution in [2.45, 2.75) is 39.2 Å². The number of nitrogens with zero attached hydrogens (tertiary/aromatic N) is 3. The molecule has 0 bridgehead atoms. The van der Waals surface area contributed by atoms with E-state index in [1.807, 2.05) is 12.3 Å². The van der Waals surface area contributed by atoms with Gasteiger partial charge in [0.25, 0.3) is 0 Å². The van der Waals surface area contributed by atoms with Gasteiger partial charge in [0.2, 0.25) is 0 Å². The van der Waals surface area contributed by atoms with Gasteiger partial charge in [0.15, 0.2) is 0 Å². The van der Waals surface area contributed by atoms with Crippen LogP contribution in [-0.4, -0.2) is 67.1 Å². The molecule has 0 aliphatic carbocycles. The van der Waals surface area contributed by atoms with Crippen molar-refractivity contribution in [3.8, 4) is 0 Å². The van der Waals surface area contributed by atoms with E-state index < -0.39 is 0 Å². The second-order valence-corrected chi connectivity index (χ2v) is 8.98. The largest absolute Gasteiger partial charge is 0.371 e. The average Bonchev–Trinajstić information content (AvgIpc) is 3.14. The third-order valence-electron chi connectivity index (χ3n) is 6.59. The number of H-pyrrole nitrogens is 1. The fourth-order valence-corrected chi connectivity index (χ4v) is 4.91. The summed E-state index contributed by atoms with van der Waals surface area (Å²) in [6.45, 7) is 11.6. The zero-order valence-electron chi connectivity index (χ0n) is 18.0. The smallest absolute Gasteiger partial charge is 0.108 e. The molecule has 2 aliphatic rings. The summed E-state index contributed by atoms with van der Waals surface area (Å²) in [5.74, 6) is 0. The molecule has 0 amide bonds. The number of halogens is 1. The zero-order chi connectivity index (χ0) is 20.4. The number of aryl methyl sites for hydroxylation is 2. The minimum absolute atomic E-state index is 0.655. The van der Waals surface area contributed by atoms with E-state index in [1.54, 1.807) is 0 Å². The minimum atomic E-state index is 0.655. The van der Waals surface area contributed by atoms with Gasteiger partial charge < -0.3 is 20.1 Å². The second-order valence-electron chi connectivity index (χ2n) is 8.57. The Morgan fingerprint density at radius 3 is 2.41 bits per heavy atom. The summed E-state index contributed by atoms with van der Waals surface area (Å²) < 4.78 is 0. The summed E-state index contributed by atoms with van der Waals surface area (Å²) >= 11 is 6.03. The van der Waals surface area contributed by atoms with E-state index in [0.29, 0.717) is 5.15 Å². The highest BCUT2D eigenvalue weighted by Crippen LogP contribution is 2.33. The van der Waals surface area contributed by atoms with Crippen LogP contribution in [0.15, 0.2) is 24.4 Å².